The predicted octanol–water partition coefficient (Wildman–Crippen LogP) is 0.134. The molecule has 0 fully saturated rings. The molecule has 0 rings (SSSR count). The third-order valence-corrected chi connectivity index (χ3v) is 3.12. The van der Waals surface area contributed by atoms with Crippen LogP contribution in [0.2, 0.25) is 0 Å². The first-order valence-corrected chi connectivity index (χ1v) is 8.02. The fourth-order valence-electron chi connectivity index (χ4n) is 1.49. The lowest BCUT2D eigenvalue weighted by molar-refractivity contribution is 0.195. The lowest BCUT2D eigenvalue weighted by Gasteiger charge is -2.26. The monoisotopic (exact) mass is 422 g/mol. The van der Waals surface area contributed by atoms with Gasteiger partial charge in [-0.05, 0) is 20.3 Å². The molecule has 0 aromatic rings. The maximum atomic E-state index is 11.2. The Morgan fingerprint density at radius 3 is 2.35 bits per heavy atom. The standard InChI is InChI=1S/C11H26N4O3S.HI/c1-11(2,15-19(5,16)17)9-14-10(12-3)13-7-6-8-18-4;/h15H,6-9H2,1-5H3,(H2,12,13,14);1H. The number of guanidine groups is 1. The van der Waals surface area contributed by atoms with Gasteiger partial charge in [-0.15, -0.1) is 24.0 Å². The lowest BCUT2D eigenvalue weighted by atomic mass is 10.1. The SMILES string of the molecule is CN=C(NCCCOC)NCC(C)(C)NS(C)(=O)=O.I. The van der Waals surface area contributed by atoms with E-state index in [1.54, 1.807) is 28.0 Å². The van der Waals surface area contributed by atoms with Gasteiger partial charge in [0.25, 0.3) is 0 Å². The number of nitrogens with one attached hydrogen (secondary N) is 3. The molecule has 0 aliphatic heterocycles. The summed E-state index contributed by atoms with van der Waals surface area (Å²) in [6, 6.07) is 0. The van der Waals surface area contributed by atoms with E-state index in [0.29, 0.717) is 19.1 Å². The lowest BCUT2D eigenvalue weighted by Crippen LogP contribution is -2.53. The molecule has 9 heteroatoms. The fraction of sp³-hybridized carbons (Fsp3) is 0.909. The molecule has 0 aromatic carbocycles. The minimum Gasteiger partial charge on any atom is -0.385 e. The first-order valence-electron chi connectivity index (χ1n) is 6.12. The van der Waals surface area contributed by atoms with Crippen LogP contribution < -0.4 is 15.4 Å². The van der Waals surface area contributed by atoms with Crippen LogP contribution in [0, 0.1) is 0 Å². The van der Waals surface area contributed by atoms with Crippen LogP contribution in [-0.2, 0) is 14.8 Å². The second-order valence-corrected chi connectivity index (χ2v) is 6.71. The molecular weight excluding hydrogens is 395 g/mol. The van der Waals surface area contributed by atoms with Crippen molar-refractivity contribution in [2.75, 3.05) is 40.1 Å². The number of sulfonamides is 1. The molecule has 0 bridgehead atoms. The quantitative estimate of drug-likeness (QED) is 0.224. The van der Waals surface area contributed by atoms with Gasteiger partial charge in [0.15, 0.2) is 5.96 Å². The Kier molecular flexibility index (Phi) is 11.7. The number of methoxy groups -OCH3 is 1. The summed E-state index contributed by atoms with van der Waals surface area (Å²) in [6.07, 6.45) is 2.02. The van der Waals surface area contributed by atoms with Crippen LogP contribution in [0.1, 0.15) is 20.3 Å². The fourth-order valence-corrected chi connectivity index (χ4v) is 2.56. The Morgan fingerprint density at radius 1 is 1.30 bits per heavy atom. The molecular formula is C11H27IN4O3S. The number of nitrogens with zero attached hydrogens (tertiary/aromatic N) is 1. The van der Waals surface area contributed by atoms with Gasteiger partial charge in [0.1, 0.15) is 0 Å². The minimum atomic E-state index is -3.23. The Hall–Kier alpha value is -0.130. The molecule has 0 aromatic heterocycles. The third kappa shape index (κ3) is 12.9. The molecule has 0 amide bonds. The summed E-state index contributed by atoms with van der Waals surface area (Å²) in [5, 5.41) is 6.20. The van der Waals surface area contributed by atoms with Crippen LogP contribution >= 0.6 is 24.0 Å². The molecule has 0 aliphatic carbocycles. The second kappa shape index (κ2) is 10.6. The van der Waals surface area contributed by atoms with Gasteiger partial charge < -0.3 is 15.4 Å². The van der Waals surface area contributed by atoms with Crippen LogP contribution in [0.25, 0.3) is 0 Å². The summed E-state index contributed by atoms with van der Waals surface area (Å²) in [7, 11) is 0.101. The van der Waals surface area contributed by atoms with E-state index in [2.05, 4.69) is 20.3 Å². The topological polar surface area (TPSA) is 91.8 Å². The number of halogens is 1. The van der Waals surface area contributed by atoms with Gasteiger partial charge in [0.05, 0.1) is 6.26 Å². The smallest absolute Gasteiger partial charge is 0.209 e. The van der Waals surface area contributed by atoms with Crippen molar-refractivity contribution in [3.8, 4) is 0 Å². The van der Waals surface area contributed by atoms with Crippen molar-refractivity contribution in [2.24, 2.45) is 4.99 Å². The van der Waals surface area contributed by atoms with E-state index in [4.69, 9.17) is 4.74 Å². The first kappa shape index (κ1) is 22.2. The molecule has 0 atom stereocenters. The zero-order chi connectivity index (χ0) is 14.9. The minimum absolute atomic E-state index is 0. The van der Waals surface area contributed by atoms with E-state index >= 15 is 0 Å². The van der Waals surface area contributed by atoms with Crippen molar-refractivity contribution < 1.29 is 13.2 Å². The molecule has 0 unspecified atom stereocenters. The molecule has 0 saturated carbocycles. The van der Waals surface area contributed by atoms with E-state index in [1.807, 2.05) is 0 Å². The largest absolute Gasteiger partial charge is 0.385 e. The van der Waals surface area contributed by atoms with E-state index in [-0.39, 0.29) is 24.0 Å². The van der Waals surface area contributed by atoms with Gasteiger partial charge in [0.2, 0.25) is 10.0 Å². The number of rotatable bonds is 8. The van der Waals surface area contributed by atoms with Gasteiger partial charge in [-0.1, -0.05) is 0 Å². The molecule has 0 spiro atoms. The third-order valence-electron chi connectivity index (χ3n) is 2.20. The zero-order valence-corrected chi connectivity index (χ0v) is 16.0. The van der Waals surface area contributed by atoms with Crippen LogP contribution in [0.5, 0.6) is 0 Å². The van der Waals surface area contributed by atoms with E-state index in [1.165, 1.54) is 0 Å². The van der Waals surface area contributed by atoms with Crippen molar-refractivity contribution in [1.82, 2.24) is 15.4 Å². The second-order valence-electron chi connectivity index (χ2n) is 4.96. The number of hydrogen-bond acceptors (Lipinski definition) is 4. The summed E-state index contributed by atoms with van der Waals surface area (Å²) < 4.78 is 29.9. The van der Waals surface area contributed by atoms with Crippen LogP contribution in [-0.4, -0.2) is 60.0 Å². The highest BCUT2D eigenvalue weighted by atomic mass is 127. The van der Waals surface area contributed by atoms with Gasteiger partial charge in [-0.2, -0.15) is 0 Å². The summed E-state index contributed by atoms with van der Waals surface area (Å²) >= 11 is 0. The molecule has 7 nitrogen and oxygen atoms in total. The molecule has 0 saturated heterocycles. The Balaban J connectivity index is 0. The number of ether oxygens (including phenoxy) is 1. The van der Waals surface area contributed by atoms with Crippen LogP contribution in [0.15, 0.2) is 4.99 Å². The zero-order valence-electron chi connectivity index (χ0n) is 12.8. The maximum Gasteiger partial charge on any atom is 0.209 e. The average molecular weight is 422 g/mol. The number of aliphatic imine (C=N–C) groups is 1. The average Bonchev–Trinajstić information content (AvgIpc) is 2.25. The maximum absolute atomic E-state index is 11.2. The first-order chi connectivity index (χ1) is 8.70. The Labute approximate surface area is 139 Å². The van der Waals surface area contributed by atoms with E-state index in [0.717, 1.165) is 19.2 Å². The Morgan fingerprint density at radius 2 is 1.90 bits per heavy atom. The molecule has 3 N–H and O–H groups in total. The van der Waals surface area contributed by atoms with E-state index < -0.39 is 15.6 Å². The predicted molar refractivity (Wildman–Crippen MR) is 93.3 cm³/mol. The normalized spacial score (nSPS) is 12.8. The van der Waals surface area contributed by atoms with Gasteiger partial charge in [-0.25, -0.2) is 13.1 Å². The summed E-state index contributed by atoms with van der Waals surface area (Å²) in [5.41, 5.74) is -0.586. The molecule has 0 heterocycles. The molecule has 20 heavy (non-hydrogen) atoms. The van der Waals surface area contributed by atoms with Gasteiger partial charge >= 0.3 is 0 Å². The molecule has 0 radical (unpaired) electrons. The van der Waals surface area contributed by atoms with Crippen LogP contribution in [0.3, 0.4) is 0 Å². The highest BCUT2D eigenvalue weighted by Crippen LogP contribution is 2.01. The summed E-state index contributed by atoms with van der Waals surface area (Å²) in [4.78, 5) is 4.06. The molecule has 0 aliphatic rings. The van der Waals surface area contributed by atoms with Crippen molar-refractivity contribution in [3.05, 3.63) is 0 Å². The highest BCUT2D eigenvalue weighted by molar-refractivity contribution is 14.0. The van der Waals surface area contributed by atoms with Crippen molar-refractivity contribution >= 4 is 40.0 Å². The van der Waals surface area contributed by atoms with Crippen molar-refractivity contribution in [1.29, 1.82) is 0 Å². The van der Waals surface area contributed by atoms with E-state index in [9.17, 15) is 8.42 Å². The summed E-state index contributed by atoms with van der Waals surface area (Å²) in [5.74, 6) is 0.638. The van der Waals surface area contributed by atoms with Gasteiger partial charge in [-0.3, -0.25) is 4.99 Å². The highest BCUT2D eigenvalue weighted by Gasteiger charge is 2.22. The Bertz CT molecular complexity index is 385. The van der Waals surface area contributed by atoms with Crippen molar-refractivity contribution in [2.45, 2.75) is 25.8 Å². The van der Waals surface area contributed by atoms with Crippen molar-refractivity contribution in [3.63, 3.8) is 0 Å². The van der Waals surface area contributed by atoms with Crippen LogP contribution in [0.4, 0.5) is 0 Å². The molecule has 122 valence electrons. The number of hydrogen-bond donors (Lipinski definition) is 3. The summed E-state index contributed by atoms with van der Waals surface area (Å²) in [6.45, 7) is 5.47. The van der Waals surface area contributed by atoms with Gasteiger partial charge in [0, 0.05) is 39.4 Å².